The zero-order chi connectivity index (χ0) is 15.2. The summed E-state index contributed by atoms with van der Waals surface area (Å²) in [6, 6.07) is 9.39. The molecule has 1 aliphatic heterocycles. The minimum atomic E-state index is 0.210. The van der Waals surface area contributed by atoms with Crippen LogP contribution >= 0.6 is 0 Å². The van der Waals surface area contributed by atoms with E-state index in [1.807, 2.05) is 4.90 Å². The van der Waals surface area contributed by atoms with Crippen molar-refractivity contribution in [2.24, 2.45) is 5.92 Å². The number of piperidine rings is 1. The van der Waals surface area contributed by atoms with Gasteiger partial charge in [-0.3, -0.25) is 4.79 Å². The summed E-state index contributed by atoms with van der Waals surface area (Å²) in [5.41, 5.74) is 2.73. The number of amides is 1. The van der Waals surface area contributed by atoms with Crippen LogP contribution in [0.5, 0.6) is 0 Å². The van der Waals surface area contributed by atoms with Gasteiger partial charge in [-0.15, -0.1) is 0 Å². The highest BCUT2D eigenvalue weighted by atomic mass is 16.2. The lowest BCUT2D eigenvalue weighted by atomic mass is 9.89. The van der Waals surface area contributed by atoms with E-state index < -0.39 is 0 Å². The number of rotatable bonds is 5. The third-order valence-corrected chi connectivity index (χ3v) is 4.70. The number of nitrogens with one attached hydrogen (secondary N) is 1. The zero-order valence-electron chi connectivity index (χ0n) is 13.6. The first-order valence-corrected chi connectivity index (χ1v) is 8.20. The van der Waals surface area contributed by atoms with Crippen LogP contribution in [0.4, 0.5) is 0 Å². The van der Waals surface area contributed by atoms with E-state index in [2.05, 4.69) is 43.4 Å². The van der Waals surface area contributed by atoms with Gasteiger partial charge in [-0.2, -0.15) is 0 Å². The van der Waals surface area contributed by atoms with Gasteiger partial charge in [0.05, 0.1) is 0 Å². The number of nitrogens with zero attached hydrogens (tertiary/aromatic N) is 1. The van der Waals surface area contributed by atoms with E-state index in [4.69, 9.17) is 0 Å². The molecule has 2 atom stereocenters. The van der Waals surface area contributed by atoms with Crippen LogP contribution in [0.3, 0.4) is 0 Å². The van der Waals surface area contributed by atoms with E-state index in [9.17, 15) is 4.79 Å². The van der Waals surface area contributed by atoms with Gasteiger partial charge in [-0.25, -0.2) is 0 Å². The predicted octanol–water partition coefficient (Wildman–Crippen LogP) is 2.99. The molecule has 1 saturated heterocycles. The Bertz CT molecular complexity index is 455. The molecular weight excluding hydrogens is 260 g/mol. The summed E-state index contributed by atoms with van der Waals surface area (Å²) in [7, 11) is 0. The van der Waals surface area contributed by atoms with Crippen molar-refractivity contribution in [3.63, 3.8) is 0 Å². The number of hydrogen-bond acceptors (Lipinski definition) is 2. The fourth-order valence-corrected chi connectivity index (χ4v) is 3.14. The second-order valence-corrected chi connectivity index (χ2v) is 6.08. The Morgan fingerprint density at radius 3 is 2.48 bits per heavy atom. The molecule has 3 nitrogen and oxygen atoms in total. The van der Waals surface area contributed by atoms with Crippen LogP contribution in [-0.2, 0) is 17.8 Å². The maximum absolute atomic E-state index is 11.5. The van der Waals surface area contributed by atoms with E-state index in [-0.39, 0.29) is 5.91 Å². The molecule has 0 unspecified atom stereocenters. The van der Waals surface area contributed by atoms with E-state index in [0.29, 0.717) is 12.0 Å². The standard InChI is InChI=1S/C18H28N2O/c1-4-15-6-8-16(9-7-15)12-19-18-10-11-20(14(3)21)13-17(18)5-2/h6-9,17-19H,4-5,10-13H2,1-3H3/t17-,18+/m0/s1. The Morgan fingerprint density at radius 1 is 1.24 bits per heavy atom. The molecule has 116 valence electrons. The summed E-state index contributed by atoms with van der Waals surface area (Å²) in [6.07, 6.45) is 3.27. The lowest BCUT2D eigenvalue weighted by molar-refractivity contribution is -0.131. The minimum absolute atomic E-state index is 0.210. The maximum atomic E-state index is 11.5. The molecule has 0 spiro atoms. The van der Waals surface area contributed by atoms with Crippen LogP contribution < -0.4 is 5.32 Å². The Kier molecular flexibility index (Phi) is 5.80. The fraction of sp³-hybridized carbons (Fsp3) is 0.611. The topological polar surface area (TPSA) is 32.3 Å². The van der Waals surface area contributed by atoms with Gasteiger partial charge in [-0.05, 0) is 29.9 Å². The average Bonchev–Trinajstić information content (AvgIpc) is 2.53. The number of carbonyl (C=O) groups excluding carboxylic acids is 1. The Labute approximate surface area is 128 Å². The highest BCUT2D eigenvalue weighted by molar-refractivity contribution is 5.73. The van der Waals surface area contributed by atoms with Gasteiger partial charge in [0, 0.05) is 32.6 Å². The van der Waals surface area contributed by atoms with Gasteiger partial charge in [0.1, 0.15) is 0 Å². The van der Waals surface area contributed by atoms with Gasteiger partial charge in [0.2, 0.25) is 5.91 Å². The first kappa shape index (κ1) is 16.0. The van der Waals surface area contributed by atoms with Crippen molar-refractivity contribution in [3.05, 3.63) is 35.4 Å². The molecule has 2 rings (SSSR count). The summed E-state index contributed by atoms with van der Waals surface area (Å²) in [5, 5.41) is 3.70. The number of benzene rings is 1. The molecule has 1 N–H and O–H groups in total. The smallest absolute Gasteiger partial charge is 0.219 e. The molecule has 1 aromatic carbocycles. The van der Waals surface area contributed by atoms with Crippen LogP contribution in [0.2, 0.25) is 0 Å². The normalized spacial score (nSPS) is 22.3. The predicted molar refractivity (Wildman–Crippen MR) is 87.1 cm³/mol. The first-order chi connectivity index (χ1) is 10.1. The Hall–Kier alpha value is -1.35. The van der Waals surface area contributed by atoms with Crippen molar-refractivity contribution in [2.75, 3.05) is 13.1 Å². The Morgan fingerprint density at radius 2 is 1.90 bits per heavy atom. The first-order valence-electron chi connectivity index (χ1n) is 8.20. The zero-order valence-corrected chi connectivity index (χ0v) is 13.6. The molecule has 0 aromatic heterocycles. The molecule has 1 heterocycles. The molecule has 1 amide bonds. The van der Waals surface area contributed by atoms with E-state index >= 15 is 0 Å². The molecule has 0 bridgehead atoms. The van der Waals surface area contributed by atoms with E-state index in [1.165, 1.54) is 11.1 Å². The van der Waals surface area contributed by atoms with Gasteiger partial charge < -0.3 is 10.2 Å². The largest absolute Gasteiger partial charge is 0.343 e. The fourth-order valence-electron chi connectivity index (χ4n) is 3.14. The summed E-state index contributed by atoms with van der Waals surface area (Å²) in [4.78, 5) is 13.5. The van der Waals surface area contributed by atoms with Crippen molar-refractivity contribution in [2.45, 2.75) is 52.6 Å². The SMILES string of the molecule is CCc1ccc(CN[C@@H]2CCN(C(C)=O)C[C@@H]2CC)cc1. The molecule has 1 fully saturated rings. The van der Waals surface area contributed by atoms with Crippen molar-refractivity contribution in [3.8, 4) is 0 Å². The molecule has 0 saturated carbocycles. The van der Waals surface area contributed by atoms with Crippen LogP contribution in [0.25, 0.3) is 0 Å². The molecule has 0 radical (unpaired) electrons. The number of hydrogen-bond donors (Lipinski definition) is 1. The van der Waals surface area contributed by atoms with Crippen LogP contribution in [0.1, 0.15) is 44.7 Å². The third kappa shape index (κ3) is 4.31. The van der Waals surface area contributed by atoms with E-state index in [0.717, 1.165) is 38.9 Å². The monoisotopic (exact) mass is 288 g/mol. The van der Waals surface area contributed by atoms with E-state index in [1.54, 1.807) is 6.92 Å². The average molecular weight is 288 g/mol. The summed E-state index contributed by atoms with van der Waals surface area (Å²) < 4.78 is 0. The quantitative estimate of drug-likeness (QED) is 0.903. The van der Waals surface area contributed by atoms with Crippen LogP contribution in [0, 0.1) is 5.92 Å². The summed E-state index contributed by atoms with van der Waals surface area (Å²) >= 11 is 0. The molecular formula is C18H28N2O. The number of carbonyl (C=O) groups is 1. The molecule has 3 heteroatoms. The summed E-state index contributed by atoms with van der Waals surface area (Å²) in [5.74, 6) is 0.777. The number of aryl methyl sites for hydroxylation is 1. The van der Waals surface area contributed by atoms with Crippen molar-refractivity contribution >= 4 is 5.91 Å². The van der Waals surface area contributed by atoms with Gasteiger partial charge >= 0.3 is 0 Å². The molecule has 1 aliphatic rings. The van der Waals surface area contributed by atoms with Crippen molar-refractivity contribution in [1.82, 2.24) is 10.2 Å². The van der Waals surface area contributed by atoms with Crippen molar-refractivity contribution < 1.29 is 4.79 Å². The lowest BCUT2D eigenvalue weighted by Crippen LogP contribution is -2.50. The van der Waals surface area contributed by atoms with Crippen LogP contribution in [0.15, 0.2) is 24.3 Å². The maximum Gasteiger partial charge on any atom is 0.219 e. The second kappa shape index (κ2) is 7.60. The van der Waals surface area contributed by atoms with Gasteiger partial charge in [0.15, 0.2) is 0 Å². The molecule has 21 heavy (non-hydrogen) atoms. The van der Waals surface area contributed by atoms with Gasteiger partial charge in [-0.1, -0.05) is 44.5 Å². The molecule has 1 aromatic rings. The second-order valence-electron chi connectivity index (χ2n) is 6.08. The van der Waals surface area contributed by atoms with Gasteiger partial charge in [0.25, 0.3) is 0 Å². The third-order valence-electron chi connectivity index (χ3n) is 4.70. The summed E-state index contributed by atoms with van der Waals surface area (Å²) in [6.45, 7) is 8.79. The highest BCUT2D eigenvalue weighted by Gasteiger charge is 2.28. The minimum Gasteiger partial charge on any atom is -0.343 e. The lowest BCUT2D eigenvalue weighted by Gasteiger charge is -2.38. The van der Waals surface area contributed by atoms with Crippen LogP contribution in [-0.4, -0.2) is 29.9 Å². The number of likely N-dealkylation sites (tertiary alicyclic amines) is 1. The molecule has 0 aliphatic carbocycles. The highest BCUT2D eigenvalue weighted by Crippen LogP contribution is 2.21. The van der Waals surface area contributed by atoms with Crippen molar-refractivity contribution in [1.29, 1.82) is 0 Å². The Balaban J connectivity index is 1.88.